The molecular formula is C13H13ClN2O4. The first-order chi connectivity index (χ1) is 9.54. The molecule has 6 nitrogen and oxygen atoms in total. The van der Waals surface area contributed by atoms with Crippen LogP contribution in [-0.2, 0) is 13.0 Å². The summed E-state index contributed by atoms with van der Waals surface area (Å²) in [6, 6.07) is 3.47. The third kappa shape index (κ3) is 2.79. The Bertz CT molecular complexity index is 583. The standard InChI is InChI=1S/C13H13ClN2O4/c14-9-5-7(6-16-13(18)19)11(10(17)1-3-15)8-2-4-20-12(8)9/h5,10,16-17H,1-2,4,6H2,(H,18,19). The Morgan fingerprint density at radius 3 is 3.05 bits per heavy atom. The molecular weight excluding hydrogens is 284 g/mol. The van der Waals surface area contributed by atoms with Crippen LogP contribution in [0.25, 0.3) is 0 Å². The molecule has 0 aromatic heterocycles. The summed E-state index contributed by atoms with van der Waals surface area (Å²) in [5.74, 6) is 0.512. The molecule has 1 heterocycles. The lowest BCUT2D eigenvalue weighted by Gasteiger charge is -2.18. The lowest BCUT2D eigenvalue weighted by atomic mass is 9.93. The first-order valence-corrected chi connectivity index (χ1v) is 6.41. The molecule has 3 N–H and O–H groups in total. The molecule has 20 heavy (non-hydrogen) atoms. The molecule has 0 saturated heterocycles. The Labute approximate surface area is 120 Å². The highest BCUT2D eigenvalue weighted by Gasteiger charge is 2.26. The summed E-state index contributed by atoms with van der Waals surface area (Å²) in [7, 11) is 0. The number of carboxylic acid groups (broad SMARTS) is 1. The molecule has 0 fully saturated rings. The molecule has 1 aromatic carbocycles. The number of aliphatic hydroxyl groups is 1. The number of nitriles is 1. The van der Waals surface area contributed by atoms with Crippen LogP contribution in [0.2, 0.25) is 5.02 Å². The molecule has 0 radical (unpaired) electrons. The van der Waals surface area contributed by atoms with Crippen LogP contribution in [-0.4, -0.2) is 22.9 Å². The third-order valence-electron chi connectivity index (χ3n) is 3.11. The van der Waals surface area contributed by atoms with Gasteiger partial charge in [-0.1, -0.05) is 11.6 Å². The normalized spacial score (nSPS) is 14.1. The van der Waals surface area contributed by atoms with Crippen LogP contribution in [0.5, 0.6) is 5.75 Å². The Morgan fingerprint density at radius 2 is 2.40 bits per heavy atom. The Hall–Kier alpha value is -1.97. The predicted molar refractivity (Wildman–Crippen MR) is 70.7 cm³/mol. The average molecular weight is 297 g/mol. The second-order valence-electron chi connectivity index (χ2n) is 4.37. The molecule has 0 aliphatic carbocycles. The number of hydrogen-bond donors (Lipinski definition) is 3. The summed E-state index contributed by atoms with van der Waals surface area (Å²) in [4.78, 5) is 10.6. The second kappa shape index (κ2) is 5.99. The number of rotatable bonds is 4. The van der Waals surface area contributed by atoms with Crippen molar-refractivity contribution in [2.45, 2.75) is 25.5 Å². The number of halogens is 1. The number of fused-ring (bicyclic) bond motifs is 1. The predicted octanol–water partition coefficient (Wildman–Crippen LogP) is 1.99. The maximum absolute atomic E-state index is 10.6. The van der Waals surface area contributed by atoms with Crippen LogP contribution in [0.3, 0.4) is 0 Å². The van der Waals surface area contributed by atoms with E-state index >= 15 is 0 Å². The van der Waals surface area contributed by atoms with Crippen molar-refractivity contribution in [1.82, 2.24) is 5.32 Å². The number of hydrogen-bond acceptors (Lipinski definition) is 4. The van der Waals surface area contributed by atoms with E-state index in [1.807, 2.05) is 6.07 Å². The van der Waals surface area contributed by atoms with Gasteiger partial charge in [0, 0.05) is 18.5 Å². The molecule has 1 unspecified atom stereocenters. The van der Waals surface area contributed by atoms with E-state index in [2.05, 4.69) is 5.32 Å². The summed E-state index contributed by atoms with van der Waals surface area (Å²) in [5.41, 5.74) is 1.85. The van der Waals surface area contributed by atoms with Gasteiger partial charge in [-0.25, -0.2) is 4.79 Å². The number of carbonyl (C=O) groups is 1. The van der Waals surface area contributed by atoms with Gasteiger partial charge in [0.1, 0.15) is 5.75 Å². The molecule has 1 aromatic rings. The van der Waals surface area contributed by atoms with Crippen LogP contribution in [0.1, 0.15) is 29.2 Å². The van der Waals surface area contributed by atoms with Crippen molar-refractivity contribution in [2.75, 3.05) is 6.61 Å². The summed E-state index contributed by atoms with van der Waals surface area (Å²) in [6.07, 6.45) is -1.65. The Kier molecular flexibility index (Phi) is 4.32. The monoisotopic (exact) mass is 296 g/mol. The molecule has 1 atom stereocenters. The van der Waals surface area contributed by atoms with Crippen molar-refractivity contribution in [3.63, 3.8) is 0 Å². The summed E-state index contributed by atoms with van der Waals surface area (Å²) >= 11 is 6.10. The van der Waals surface area contributed by atoms with E-state index in [-0.39, 0.29) is 13.0 Å². The van der Waals surface area contributed by atoms with Gasteiger partial charge in [-0.2, -0.15) is 5.26 Å². The van der Waals surface area contributed by atoms with Gasteiger partial charge in [-0.05, 0) is 17.2 Å². The molecule has 1 aliphatic heterocycles. The van der Waals surface area contributed by atoms with E-state index in [0.717, 1.165) is 5.56 Å². The fraction of sp³-hybridized carbons (Fsp3) is 0.385. The van der Waals surface area contributed by atoms with Crippen molar-refractivity contribution in [2.24, 2.45) is 0 Å². The van der Waals surface area contributed by atoms with Gasteiger partial charge < -0.3 is 20.3 Å². The molecule has 1 aliphatic rings. The maximum atomic E-state index is 10.6. The lowest BCUT2D eigenvalue weighted by Crippen LogP contribution is -2.21. The number of ether oxygens (including phenoxy) is 1. The van der Waals surface area contributed by atoms with Crippen molar-refractivity contribution in [3.8, 4) is 11.8 Å². The van der Waals surface area contributed by atoms with Crippen molar-refractivity contribution in [1.29, 1.82) is 5.26 Å². The van der Waals surface area contributed by atoms with Crippen LogP contribution < -0.4 is 10.1 Å². The minimum atomic E-state index is -1.17. The molecule has 1 amide bonds. The third-order valence-corrected chi connectivity index (χ3v) is 3.39. The minimum Gasteiger partial charge on any atom is -0.491 e. The van der Waals surface area contributed by atoms with Crippen LogP contribution >= 0.6 is 11.6 Å². The zero-order valence-electron chi connectivity index (χ0n) is 10.5. The molecule has 2 rings (SSSR count). The maximum Gasteiger partial charge on any atom is 0.404 e. The lowest BCUT2D eigenvalue weighted by molar-refractivity contribution is 0.180. The molecule has 0 bridgehead atoms. The van der Waals surface area contributed by atoms with Gasteiger partial charge in [-0.3, -0.25) is 0 Å². The zero-order valence-corrected chi connectivity index (χ0v) is 11.3. The Morgan fingerprint density at radius 1 is 1.65 bits per heavy atom. The van der Waals surface area contributed by atoms with Crippen molar-refractivity contribution in [3.05, 3.63) is 27.8 Å². The molecule has 0 spiro atoms. The second-order valence-corrected chi connectivity index (χ2v) is 4.78. The van der Waals surface area contributed by atoms with Gasteiger partial charge in [0.25, 0.3) is 0 Å². The quantitative estimate of drug-likeness (QED) is 0.788. The van der Waals surface area contributed by atoms with Gasteiger partial charge >= 0.3 is 6.09 Å². The average Bonchev–Trinajstić information content (AvgIpc) is 2.86. The fourth-order valence-electron chi connectivity index (χ4n) is 2.34. The SMILES string of the molecule is N#CCC(O)c1c(CNC(=O)O)cc(Cl)c2c1CCO2. The summed E-state index contributed by atoms with van der Waals surface area (Å²) in [6.45, 7) is 0.470. The molecule has 106 valence electrons. The topological polar surface area (TPSA) is 103 Å². The van der Waals surface area contributed by atoms with E-state index in [0.29, 0.717) is 34.9 Å². The van der Waals surface area contributed by atoms with Gasteiger partial charge in [0.05, 0.1) is 30.2 Å². The smallest absolute Gasteiger partial charge is 0.404 e. The zero-order chi connectivity index (χ0) is 14.7. The Balaban J connectivity index is 2.46. The summed E-state index contributed by atoms with van der Waals surface area (Å²) < 4.78 is 5.42. The highest BCUT2D eigenvalue weighted by Crippen LogP contribution is 2.40. The highest BCUT2D eigenvalue weighted by molar-refractivity contribution is 6.32. The molecule has 0 saturated carbocycles. The number of benzene rings is 1. The van der Waals surface area contributed by atoms with Gasteiger partial charge in [0.2, 0.25) is 0 Å². The number of aliphatic hydroxyl groups excluding tert-OH is 1. The van der Waals surface area contributed by atoms with E-state index in [4.69, 9.17) is 26.7 Å². The van der Waals surface area contributed by atoms with E-state index in [1.165, 1.54) is 0 Å². The number of nitrogens with zero attached hydrogens (tertiary/aromatic N) is 1. The largest absolute Gasteiger partial charge is 0.491 e. The van der Waals surface area contributed by atoms with Gasteiger partial charge in [-0.15, -0.1) is 0 Å². The number of nitrogens with one attached hydrogen (secondary N) is 1. The fourth-order valence-corrected chi connectivity index (χ4v) is 2.64. The van der Waals surface area contributed by atoms with Gasteiger partial charge in [0.15, 0.2) is 0 Å². The molecule has 7 heteroatoms. The van der Waals surface area contributed by atoms with E-state index in [1.54, 1.807) is 6.07 Å². The first kappa shape index (κ1) is 14.4. The minimum absolute atomic E-state index is 0.0140. The van der Waals surface area contributed by atoms with Crippen molar-refractivity contribution < 1.29 is 19.7 Å². The van der Waals surface area contributed by atoms with E-state index < -0.39 is 12.2 Å². The van der Waals surface area contributed by atoms with E-state index in [9.17, 15) is 9.90 Å². The van der Waals surface area contributed by atoms with Crippen LogP contribution in [0.4, 0.5) is 4.79 Å². The van der Waals surface area contributed by atoms with Crippen LogP contribution in [0.15, 0.2) is 6.07 Å². The highest BCUT2D eigenvalue weighted by atomic mass is 35.5. The van der Waals surface area contributed by atoms with Crippen molar-refractivity contribution >= 4 is 17.7 Å². The van der Waals surface area contributed by atoms with Crippen LogP contribution in [0, 0.1) is 11.3 Å². The number of amides is 1. The summed E-state index contributed by atoms with van der Waals surface area (Å²) in [5, 5.41) is 30.2. The first-order valence-electron chi connectivity index (χ1n) is 6.03.